The molecule has 0 aliphatic heterocycles. The van der Waals surface area contributed by atoms with Crippen molar-refractivity contribution in [1.82, 2.24) is 9.61 Å². The van der Waals surface area contributed by atoms with E-state index >= 15 is 0 Å². The van der Waals surface area contributed by atoms with Gasteiger partial charge in [-0.2, -0.15) is 5.10 Å². The van der Waals surface area contributed by atoms with Gasteiger partial charge in [0, 0.05) is 16.3 Å². The largest absolute Gasteiger partial charge is 0.462 e. The zero-order chi connectivity index (χ0) is 19.0. The first-order chi connectivity index (χ1) is 13.1. The van der Waals surface area contributed by atoms with E-state index < -0.39 is 5.97 Å². The maximum Gasteiger partial charge on any atom is 0.340 e. The molecule has 0 atom stereocenters. The van der Waals surface area contributed by atoms with E-state index in [0.29, 0.717) is 22.3 Å². The van der Waals surface area contributed by atoms with E-state index in [1.54, 1.807) is 31.3 Å². The Balaban J connectivity index is 1.98. The van der Waals surface area contributed by atoms with Crippen molar-refractivity contribution >= 4 is 28.0 Å². The van der Waals surface area contributed by atoms with Crippen LogP contribution in [0.3, 0.4) is 0 Å². The Morgan fingerprint density at radius 1 is 1.07 bits per heavy atom. The lowest BCUT2D eigenvalue weighted by atomic mass is 10.1. The lowest BCUT2D eigenvalue weighted by molar-refractivity contribution is 0.0529. The summed E-state index contributed by atoms with van der Waals surface area (Å²) in [5, 5.41) is 6.16. The summed E-state index contributed by atoms with van der Waals surface area (Å²) in [6, 6.07) is 16.5. The summed E-state index contributed by atoms with van der Waals surface area (Å²) < 4.78 is 6.75. The molecule has 4 rings (SSSR count). The van der Waals surface area contributed by atoms with Gasteiger partial charge in [-0.1, -0.05) is 54.1 Å². The predicted molar refractivity (Wildman–Crippen MR) is 103 cm³/mol. The molecule has 2 heterocycles. The Kier molecular flexibility index (Phi) is 4.20. The second-order valence-electron chi connectivity index (χ2n) is 6.35. The molecule has 0 fully saturated rings. The molecule has 4 aromatic rings. The van der Waals surface area contributed by atoms with Gasteiger partial charge in [-0.15, -0.1) is 0 Å². The normalized spacial score (nSPS) is 11.0. The molecule has 0 saturated heterocycles. The first-order valence-corrected chi connectivity index (χ1v) is 8.78. The van der Waals surface area contributed by atoms with E-state index in [4.69, 9.17) is 4.74 Å². The quantitative estimate of drug-likeness (QED) is 0.405. The molecule has 0 aliphatic rings. The van der Waals surface area contributed by atoms with Crippen molar-refractivity contribution in [2.45, 2.75) is 13.8 Å². The highest BCUT2D eigenvalue weighted by atomic mass is 16.5. The van der Waals surface area contributed by atoms with Crippen LogP contribution >= 0.6 is 0 Å². The number of rotatable bonds is 4. The molecule has 2 aromatic heterocycles. The second kappa shape index (κ2) is 6.68. The number of fused-ring (bicyclic) bond motifs is 3. The fourth-order valence-electron chi connectivity index (χ4n) is 3.20. The number of aryl methyl sites for hydroxylation is 1. The summed E-state index contributed by atoms with van der Waals surface area (Å²) in [6.07, 6.45) is 1.70. The molecule has 5 heteroatoms. The number of aromatic nitrogens is 2. The average molecular weight is 358 g/mol. The smallest absolute Gasteiger partial charge is 0.340 e. The molecule has 0 unspecified atom stereocenters. The molecule has 0 spiro atoms. The Morgan fingerprint density at radius 2 is 1.81 bits per heavy atom. The maximum absolute atomic E-state index is 13.1. The number of carbonyl (C=O) groups is 2. The van der Waals surface area contributed by atoms with E-state index in [9.17, 15) is 9.59 Å². The van der Waals surface area contributed by atoms with Crippen LogP contribution in [0.1, 0.15) is 38.9 Å². The van der Waals surface area contributed by atoms with Gasteiger partial charge in [0.2, 0.25) is 5.78 Å². The topological polar surface area (TPSA) is 60.7 Å². The molecule has 5 nitrogen and oxygen atoms in total. The van der Waals surface area contributed by atoms with Gasteiger partial charge in [0.15, 0.2) is 0 Å². The van der Waals surface area contributed by atoms with Gasteiger partial charge < -0.3 is 4.74 Å². The minimum absolute atomic E-state index is 0.191. The monoisotopic (exact) mass is 358 g/mol. The van der Waals surface area contributed by atoms with Gasteiger partial charge in [-0.3, -0.25) is 4.79 Å². The van der Waals surface area contributed by atoms with E-state index in [1.165, 1.54) is 4.52 Å². The van der Waals surface area contributed by atoms with Gasteiger partial charge >= 0.3 is 5.97 Å². The minimum Gasteiger partial charge on any atom is -0.462 e. The van der Waals surface area contributed by atoms with Crippen LogP contribution in [-0.4, -0.2) is 28.0 Å². The van der Waals surface area contributed by atoms with Crippen molar-refractivity contribution in [3.05, 3.63) is 83.2 Å². The van der Waals surface area contributed by atoms with Crippen molar-refractivity contribution in [1.29, 1.82) is 0 Å². The fraction of sp³-hybridized carbons (Fsp3) is 0.136. The van der Waals surface area contributed by atoms with Crippen molar-refractivity contribution in [2.75, 3.05) is 6.61 Å². The summed E-state index contributed by atoms with van der Waals surface area (Å²) >= 11 is 0. The number of esters is 1. The maximum atomic E-state index is 13.1. The number of hydrogen-bond donors (Lipinski definition) is 0. The second-order valence-corrected chi connectivity index (χ2v) is 6.35. The highest BCUT2D eigenvalue weighted by Gasteiger charge is 2.23. The standard InChI is InChI=1S/C22H18N2O3/c1-3-27-22(26)18-12-19(21(25)15-10-8-14(2)9-11-15)24-20(18)17-7-5-4-6-16(17)13-23-24/h4-13H,3H2,1-2H3. The van der Waals surface area contributed by atoms with Crippen LogP contribution in [0.5, 0.6) is 0 Å². The van der Waals surface area contributed by atoms with Crippen molar-refractivity contribution < 1.29 is 14.3 Å². The third kappa shape index (κ3) is 2.87. The molecule has 0 aliphatic carbocycles. The molecule has 0 N–H and O–H groups in total. The van der Waals surface area contributed by atoms with Gasteiger partial charge in [0.25, 0.3) is 0 Å². The SMILES string of the molecule is CCOC(=O)c1cc(C(=O)c2ccc(C)cc2)n2ncc3ccccc3c12. The number of ketones is 1. The molecule has 0 saturated carbocycles. The van der Waals surface area contributed by atoms with Gasteiger partial charge in [0.1, 0.15) is 5.69 Å². The van der Waals surface area contributed by atoms with Crippen LogP contribution in [0.4, 0.5) is 0 Å². The molecular weight excluding hydrogens is 340 g/mol. The van der Waals surface area contributed by atoms with E-state index in [0.717, 1.165) is 16.3 Å². The molecule has 0 amide bonds. The number of carbonyl (C=O) groups excluding carboxylic acids is 2. The molecule has 0 radical (unpaired) electrons. The Hall–Kier alpha value is -3.47. The highest BCUT2D eigenvalue weighted by Crippen LogP contribution is 2.27. The van der Waals surface area contributed by atoms with Crippen LogP contribution in [0.2, 0.25) is 0 Å². The lowest BCUT2D eigenvalue weighted by Crippen LogP contribution is -2.07. The van der Waals surface area contributed by atoms with Crippen LogP contribution in [0.25, 0.3) is 16.3 Å². The van der Waals surface area contributed by atoms with Crippen LogP contribution in [-0.2, 0) is 4.74 Å². The number of ether oxygens (including phenoxy) is 1. The van der Waals surface area contributed by atoms with Crippen LogP contribution in [0.15, 0.2) is 60.8 Å². The third-order valence-electron chi connectivity index (χ3n) is 4.55. The van der Waals surface area contributed by atoms with Crippen LogP contribution in [0, 0.1) is 6.92 Å². The molecule has 0 bridgehead atoms. The lowest BCUT2D eigenvalue weighted by Gasteiger charge is -2.05. The van der Waals surface area contributed by atoms with Gasteiger partial charge in [0.05, 0.1) is 23.9 Å². The Bertz CT molecular complexity index is 1170. The molecular formula is C22H18N2O3. The summed E-state index contributed by atoms with van der Waals surface area (Å²) in [6.45, 7) is 3.98. The van der Waals surface area contributed by atoms with Crippen molar-refractivity contribution in [2.24, 2.45) is 0 Å². The zero-order valence-electron chi connectivity index (χ0n) is 15.1. The minimum atomic E-state index is -0.462. The number of hydrogen-bond acceptors (Lipinski definition) is 4. The van der Waals surface area contributed by atoms with Crippen LogP contribution < -0.4 is 0 Å². The summed E-state index contributed by atoms with van der Waals surface area (Å²) in [4.78, 5) is 25.6. The number of nitrogens with zero attached hydrogens (tertiary/aromatic N) is 2. The summed E-state index contributed by atoms with van der Waals surface area (Å²) in [7, 11) is 0. The van der Waals surface area contributed by atoms with E-state index in [1.807, 2.05) is 43.3 Å². The summed E-state index contributed by atoms with van der Waals surface area (Å²) in [5.41, 5.74) is 2.88. The molecule has 27 heavy (non-hydrogen) atoms. The van der Waals surface area contributed by atoms with Gasteiger partial charge in [-0.25, -0.2) is 9.31 Å². The summed E-state index contributed by atoms with van der Waals surface area (Å²) in [5.74, 6) is -0.653. The first-order valence-electron chi connectivity index (χ1n) is 8.78. The van der Waals surface area contributed by atoms with E-state index in [2.05, 4.69) is 5.10 Å². The molecule has 2 aromatic carbocycles. The first kappa shape index (κ1) is 17.0. The van der Waals surface area contributed by atoms with E-state index in [-0.39, 0.29) is 12.4 Å². The highest BCUT2D eigenvalue weighted by molar-refractivity contribution is 6.14. The Morgan fingerprint density at radius 3 is 2.56 bits per heavy atom. The predicted octanol–water partition coefficient (Wildman–Crippen LogP) is 4.20. The zero-order valence-corrected chi connectivity index (χ0v) is 15.1. The fourth-order valence-corrected chi connectivity index (χ4v) is 3.20. The average Bonchev–Trinajstić information content (AvgIpc) is 3.08. The van der Waals surface area contributed by atoms with Crippen molar-refractivity contribution in [3.8, 4) is 0 Å². The third-order valence-corrected chi connectivity index (χ3v) is 4.55. The molecule has 134 valence electrons. The van der Waals surface area contributed by atoms with Gasteiger partial charge in [-0.05, 0) is 19.9 Å². The van der Waals surface area contributed by atoms with Crippen molar-refractivity contribution in [3.63, 3.8) is 0 Å². The number of benzene rings is 2. The Labute approximate surface area is 156 Å².